The molecule has 0 amide bonds. The van der Waals surface area contributed by atoms with Crippen LogP contribution in [0.25, 0.3) is 10.4 Å². The van der Waals surface area contributed by atoms with Gasteiger partial charge in [-0.05, 0) is 29.3 Å². The predicted molar refractivity (Wildman–Crippen MR) is 69.8 cm³/mol. The Morgan fingerprint density at radius 3 is 2.79 bits per heavy atom. The second-order valence-corrected chi connectivity index (χ2v) is 4.51. The Kier molecular flexibility index (Phi) is 5.31. The highest BCUT2D eigenvalue weighted by Gasteiger charge is 2.13. The summed E-state index contributed by atoms with van der Waals surface area (Å²) in [6, 6.07) is 4.47. The summed E-state index contributed by atoms with van der Waals surface area (Å²) in [5.74, 6) is -0.582. The molecule has 0 aliphatic heterocycles. The van der Waals surface area contributed by atoms with Gasteiger partial charge in [0.05, 0.1) is 24.9 Å². The van der Waals surface area contributed by atoms with Crippen molar-refractivity contribution in [2.75, 3.05) is 18.5 Å². The summed E-state index contributed by atoms with van der Waals surface area (Å²) in [5.41, 5.74) is 9.37. The summed E-state index contributed by atoms with van der Waals surface area (Å²) in [6.45, 7) is 0.0280. The largest absolute Gasteiger partial charge is 0.465 e. The van der Waals surface area contributed by atoms with Crippen LogP contribution in [0.15, 0.2) is 23.3 Å². The number of hydrogen-bond acceptors (Lipinski definition) is 4. The number of carbonyl (C=O) groups excluding carboxylic acids is 1. The van der Waals surface area contributed by atoms with E-state index in [1.807, 2.05) is 0 Å². The molecule has 0 saturated carbocycles. The number of esters is 1. The van der Waals surface area contributed by atoms with Gasteiger partial charge in [0, 0.05) is 12.0 Å². The van der Waals surface area contributed by atoms with Gasteiger partial charge in [-0.1, -0.05) is 5.11 Å². The molecule has 0 saturated heterocycles. The smallest absolute Gasteiger partial charge is 0.337 e. The minimum Gasteiger partial charge on any atom is -0.465 e. The maximum absolute atomic E-state index is 11.5. The average molecular weight is 284 g/mol. The molecule has 0 aliphatic carbocycles. The Labute approximate surface area is 112 Å². The number of hydrogen-bond donors (Lipinski definition) is 1. The van der Waals surface area contributed by atoms with Gasteiger partial charge in [0.2, 0.25) is 0 Å². The molecular weight excluding hydrogens is 272 g/mol. The number of benzene rings is 1. The van der Waals surface area contributed by atoms with Gasteiger partial charge in [-0.2, -0.15) is 0 Å². The lowest BCUT2D eigenvalue weighted by Gasteiger charge is -2.15. The highest BCUT2D eigenvalue weighted by atomic mass is 32.2. The molecule has 102 valence electrons. The predicted octanol–water partition coefficient (Wildman–Crippen LogP) is 1.86. The van der Waals surface area contributed by atoms with Crippen molar-refractivity contribution in [1.82, 2.24) is 0 Å². The van der Waals surface area contributed by atoms with Crippen LogP contribution in [-0.2, 0) is 22.5 Å². The van der Waals surface area contributed by atoms with Gasteiger partial charge in [0.15, 0.2) is 0 Å². The van der Waals surface area contributed by atoms with E-state index in [0.717, 1.165) is 4.31 Å². The number of methoxy groups -OCH3 is 1. The summed E-state index contributed by atoms with van der Waals surface area (Å²) in [5, 5.41) is 3.39. The molecule has 1 rings (SSSR count). The lowest BCUT2D eigenvalue weighted by atomic mass is 10.1. The second kappa shape index (κ2) is 6.74. The Morgan fingerprint density at radius 1 is 1.58 bits per heavy atom. The fourth-order valence-corrected chi connectivity index (χ4v) is 1.67. The summed E-state index contributed by atoms with van der Waals surface area (Å²) >= 11 is -2.22. The fourth-order valence-electron chi connectivity index (χ4n) is 1.39. The van der Waals surface area contributed by atoms with Crippen molar-refractivity contribution in [3.8, 4) is 0 Å². The molecular formula is C10H12N4O4S. The van der Waals surface area contributed by atoms with Crippen molar-refractivity contribution < 1.29 is 18.3 Å². The SMILES string of the molecule is COC(=O)c1cc(CN=[N+]=[N-])cc(N(C)S(=O)O)c1. The lowest BCUT2D eigenvalue weighted by molar-refractivity contribution is 0.0600. The van der Waals surface area contributed by atoms with E-state index in [1.54, 1.807) is 6.07 Å². The van der Waals surface area contributed by atoms with Gasteiger partial charge in [0.1, 0.15) is 0 Å². The minimum atomic E-state index is -2.22. The third-order valence-electron chi connectivity index (χ3n) is 2.31. The van der Waals surface area contributed by atoms with E-state index in [4.69, 9.17) is 10.1 Å². The van der Waals surface area contributed by atoms with Gasteiger partial charge < -0.3 is 4.74 Å². The van der Waals surface area contributed by atoms with Crippen LogP contribution in [0.4, 0.5) is 5.69 Å². The van der Waals surface area contributed by atoms with Gasteiger partial charge in [0.25, 0.3) is 11.3 Å². The first-order valence-corrected chi connectivity index (χ1v) is 6.13. The van der Waals surface area contributed by atoms with Crippen molar-refractivity contribution in [3.63, 3.8) is 0 Å². The molecule has 9 heteroatoms. The second-order valence-electron chi connectivity index (χ2n) is 3.50. The lowest BCUT2D eigenvalue weighted by Crippen LogP contribution is -2.20. The Hall–Kier alpha value is -2.09. The molecule has 0 bridgehead atoms. The van der Waals surface area contributed by atoms with E-state index < -0.39 is 17.2 Å². The zero-order valence-electron chi connectivity index (χ0n) is 10.3. The number of azide groups is 1. The molecule has 0 spiro atoms. The van der Waals surface area contributed by atoms with Gasteiger partial charge >= 0.3 is 5.97 Å². The Bertz CT molecular complexity index is 556. The fraction of sp³-hybridized carbons (Fsp3) is 0.300. The summed E-state index contributed by atoms with van der Waals surface area (Å²) < 4.78 is 25.7. The van der Waals surface area contributed by atoms with Crippen LogP contribution in [0.2, 0.25) is 0 Å². The summed E-state index contributed by atoms with van der Waals surface area (Å²) in [7, 11) is 2.62. The van der Waals surface area contributed by atoms with Crippen LogP contribution in [0.1, 0.15) is 15.9 Å². The van der Waals surface area contributed by atoms with Crippen molar-refractivity contribution in [2.24, 2.45) is 5.11 Å². The highest BCUT2D eigenvalue weighted by molar-refractivity contribution is 7.80. The van der Waals surface area contributed by atoms with Crippen LogP contribution in [-0.4, -0.2) is 28.9 Å². The topological polar surface area (TPSA) is 116 Å². The molecule has 0 aromatic heterocycles. The van der Waals surface area contributed by atoms with E-state index in [1.165, 1.54) is 26.3 Å². The van der Waals surface area contributed by atoms with Gasteiger partial charge in [-0.25, -0.2) is 9.00 Å². The highest BCUT2D eigenvalue weighted by Crippen LogP contribution is 2.20. The van der Waals surface area contributed by atoms with Crippen LogP contribution in [0.5, 0.6) is 0 Å². The molecule has 0 fully saturated rings. The molecule has 0 aliphatic rings. The van der Waals surface area contributed by atoms with Crippen molar-refractivity contribution >= 4 is 22.9 Å². The molecule has 1 N–H and O–H groups in total. The summed E-state index contributed by atoms with van der Waals surface area (Å²) in [6.07, 6.45) is 0. The standard InChI is InChI=1S/C10H12N4O4S/c1-14(19(16)17)9-4-7(6-12-13-11)3-8(5-9)10(15)18-2/h3-5H,6H2,1-2H3,(H,16,17). The first-order valence-electron chi connectivity index (χ1n) is 5.07. The van der Waals surface area contributed by atoms with Crippen LogP contribution in [0.3, 0.4) is 0 Å². The van der Waals surface area contributed by atoms with Gasteiger partial charge in [-0.15, -0.1) is 0 Å². The third-order valence-corrected chi connectivity index (χ3v) is 2.99. The van der Waals surface area contributed by atoms with E-state index >= 15 is 0 Å². The first kappa shape index (κ1) is 15.0. The minimum absolute atomic E-state index is 0.0280. The number of carbonyl (C=O) groups is 1. The Balaban J connectivity index is 3.26. The van der Waals surface area contributed by atoms with E-state index in [0.29, 0.717) is 11.3 Å². The van der Waals surface area contributed by atoms with Crippen LogP contribution >= 0.6 is 0 Å². The molecule has 19 heavy (non-hydrogen) atoms. The van der Waals surface area contributed by atoms with Crippen molar-refractivity contribution in [1.29, 1.82) is 0 Å². The van der Waals surface area contributed by atoms with E-state index in [-0.39, 0.29) is 12.1 Å². The third kappa shape index (κ3) is 3.95. The van der Waals surface area contributed by atoms with Crippen LogP contribution in [0, 0.1) is 0 Å². The van der Waals surface area contributed by atoms with E-state index in [9.17, 15) is 9.00 Å². The molecule has 1 unspecified atom stereocenters. The number of rotatable bonds is 5. The number of nitrogens with zero attached hydrogens (tertiary/aromatic N) is 4. The molecule has 0 heterocycles. The molecule has 1 aromatic rings. The zero-order chi connectivity index (χ0) is 14.4. The van der Waals surface area contributed by atoms with Crippen molar-refractivity contribution in [3.05, 3.63) is 39.8 Å². The molecule has 1 aromatic carbocycles. The summed E-state index contributed by atoms with van der Waals surface area (Å²) in [4.78, 5) is 14.1. The average Bonchev–Trinajstić information content (AvgIpc) is 2.42. The normalized spacial score (nSPS) is 11.3. The maximum atomic E-state index is 11.5. The maximum Gasteiger partial charge on any atom is 0.337 e. The molecule has 0 radical (unpaired) electrons. The van der Waals surface area contributed by atoms with E-state index in [2.05, 4.69) is 14.8 Å². The quantitative estimate of drug-likeness (QED) is 0.292. The van der Waals surface area contributed by atoms with Crippen LogP contribution < -0.4 is 4.31 Å². The van der Waals surface area contributed by atoms with Gasteiger partial charge in [-0.3, -0.25) is 8.86 Å². The number of anilines is 1. The Morgan fingerprint density at radius 2 is 2.26 bits per heavy atom. The first-order chi connectivity index (χ1) is 8.99. The monoisotopic (exact) mass is 284 g/mol. The zero-order valence-corrected chi connectivity index (χ0v) is 11.1. The molecule has 1 atom stereocenters. The number of ether oxygens (including phenoxy) is 1. The molecule has 8 nitrogen and oxygen atoms in total. The van der Waals surface area contributed by atoms with Crippen molar-refractivity contribution in [2.45, 2.75) is 6.54 Å².